The van der Waals surface area contributed by atoms with Crippen LogP contribution in [0.15, 0.2) is 28.8 Å². The van der Waals surface area contributed by atoms with Gasteiger partial charge in [0.25, 0.3) is 11.8 Å². The maximum absolute atomic E-state index is 13.3. The van der Waals surface area contributed by atoms with Crippen LogP contribution in [0.3, 0.4) is 0 Å². The SMILES string of the molecule is COc1cc(OC)cc([C@]2(C(=O)NCC#N)NC(C(N)=O)=C(CCC3CCCCC3)S2)c1. The van der Waals surface area contributed by atoms with Crippen molar-refractivity contribution in [1.29, 1.82) is 5.26 Å². The number of rotatable bonds is 9. The molecule has 1 fully saturated rings. The van der Waals surface area contributed by atoms with E-state index in [1.54, 1.807) is 18.2 Å². The first-order valence-electron chi connectivity index (χ1n) is 10.8. The second-order valence-electron chi connectivity index (χ2n) is 8.06. The minimum Gasteiger partial charge on any atom is -0.497 e. The van der Waals surface area contributed by atoms with Gasteiger partial charge in [0.05, 0.1) is 20.3 Å². The minimum absolute atomic E-state index is 0.159. The molecule has 32 heavy (non-hydrogen) atoms. The van der Waals surface area contributed by atoms with Gasteiger partial charge in [0, 0.05) is 16.5 Å². The molecule has 0 aromatic heterocycles. The fourth-order valence-corrected chi connectivity index (χ4v) is 5.71. The van der Waals surface area contributed by atoms with Crippen molar-refractivity contribution < 1.29 is 19.1 Å². The van der Waals surface area contributed by atoms with Crippen LogP contribution in [0.4, 0.5) is 0 Å². The summed E-state index contributed by atoms with van der Waals surface area (Å²) in [6.07, 6.45) is 7.75. The van der Waals surface area contributed by atoms with Gasteiger partial charge in [-0.05, 0) is 30.9 Å². The number of amides is 2. The van der Waals surface area contributed by atoms with Crippen molar-refractivity contribution in [2.45, 2.75) is 49.8 Å². The first kappa shape index (κ1) is 23.8. The Balaban J connectivity index is 1.96. The summed E-state index contributed by atoms with van der Waals surface area (Å²) in [5.74, 6) is 0.577. The van der Waals surface area contributed by atoms with Gasteiger partial charge < -0.3 is 25.8 Å². The maximum Gasteiger partial charge on any atom is 0.265 e. The van der Waals surface area contributed by atoms with E-state index >= 15 is 0 Å². The Kier molecular flexibility index (Phi) is 7.91. The van der Waals surface area contributed by atoms with Crippen molar-refractivity contribution in [2.24, 2.45) is 11.7 Å². The van der Waals surface area contributed by atoms with Crippen LogP contribution in [0.1, 0.15) is 50.5 Å². The van der Waals surface area contributed by atoms with E-state index in [1.807, 2.05) is 6.07 Å². The molecule has 2 aliphatic rings. The molecule has 0 unspecified atom stereocenters. The van der Waals surface area contributed by atoms with Gasteiger partial charge in [0.1, 0.15) is 23.7 Å². The number of allylic oxidation sites excluding steroid dienone is 1. The number of primary amides is 1. The number of nitrogens with one attached hydrogen (secondary N) is 2. The number of nitrogens with two attached hydrogens (primary N) is 1. The zero-order valence-electron chi connectivity index (χ0n) is 18.5. The molecule has 0 bridgehead atoms. The fraction of sp³-hybridized carbons (Fsp3) is 0.522. The molecule has 3 rings (SSSR count). The summed E-state index contributed by atoms with van der Waals surface area (Å²) >= 11 is 1.27. The smallest absolute Gasteiger partial charge is 0.265 e. The van der Waals surface area contributed by atoms with Gasteiger partial charge in [0.2, 0.25) is 0 Å². The van der Waals surface area contributed by atoms with E-state index in [0.717, 1.165) is 11.3 Å². The van der Waals surface area contributed by atoms with Gasteiger partial charge in [-0.1, -0.05) is 43.9 Å². The van der Waals surface area contributed by atoms with Gasteiger partial charge in [-0.15, -0.1) is 0 Å². The summed E-state index contributed by atoms with van der Waals surface area (Å²) in [7, 11) is 3.05. The molecule has 1 atom stereocenters. The van der Waals surface area contributed by atoms with Crippen LogP contribution in [-0.4, -0.2) is 32.6 Å². The van der Waals surface area contributed by atoms with E-state index < -0.39 is 16.7 Å². The monoisotopic (exact) mass is 458 g/mol. The fourth-order valence-electron chi connectivity index (χ4n) is 4.31. The third-order valence-corrected chi connectivity index (χ3v) is 7.50. The summed E-state index contributed by atoms with van der Waals surface area (Å²) < 4.78 is 10.8. The molecule has 4 N–H and O–H groups in total. The Morgan fingerprint density at radius 3 is 2.44 bits per heavy atom. The number of nitriles is 1. The standard InChI is InChI=1S/C23H30N4O4S/c1-30-17-12-16(13-18(14-17)31-2)23(22(29)26-11-10-24)27-20(21(25)28)19(32-23)9-8-15-6-4-3-5-7-15/h12-15,27H,3-9,11H2,1-2H3,(H2,25,28)(H,26,29)/t23-/m0/s1. The quantitative estimate of drug-likeness (QED) is 0.486. The molecule has 8 nitrogen and oxygen atoms in total. The number of thioether (sulfide) groups is 1. The minimum atomic E-state index is -1.37. The number of ether oxygens (including phenoxy) is 2. The highest BCUT2D eigenvalue weighted by atomic mass is 32.2. The number of nitrogens with zero attached hydrogens (tertiary/aromatic N) is 1. The lowest BCUT2D eigenvalue weighted by Gasteiger charge is -2.29. The van der Waals surface area contributed by atoms with E-state index in [9.17, 15) is 9.59 Å². The number of benzene rings is 1. The predicted molar refractivity (Wildman–Crippen MR) is 123 cm³/mol. The zero-order chi connectivity index (χ0) is 23.1. The topological polar surface area (TPSA) is 126 Å². The lowest BCUT2D eigenvalue weighted by Crippen LogP contribution is -2.50. The molecule has 1 aromatic rings. The zero-order valence-corrected chi connectivity index (χ0v) is 19.3. The average molecular weight is 459 g/mol. The van der Waals surface area contributed by atoms with Crippen LogP contribution in [0.25, 0.3) is 0 Å². The number of carbonyl (C=O) groups is 2. The van der Waals surface area contributed by atoms with Crippen LogP contribution in [-0.2, 0) is 14.5 Å². The third kappa shape index (κ3) is 5.13. The summed E-state index contributed by atoms with van der Waals surface area (Å²) in [6, 6.07) is 7.07. The van der Waals surface area contributed by atoms with Crippen molar-refractivity contribution >= 4 is 23.6 Å². The second kappa shape index (κ2) is 10.6. The highest BCUT2D eigenvalue weighted by molar-refractivity contribution is 8.04. The van der Waals surface area contributed by atoms with E-state index in [-0.39, 0.29) is 12.2 Å². The molecular weight excluding hydrogens is 428 g/mol. The molecular formula is C23H30N4O4S. The summed E-state index contributed by atoms with van der Waals surface area (Å²) in [6.45, 7) is -0.159. The molecule has 9 heteroatoms. The highest BCUT2D eigenvalue weighted by Gasteiger charge is 2.49. The molecule has 0 saturated heterocycles. The summed E-state index contributed by atoms with van der Waals surface area (Å²) in [4.78, 5) is 25.1. The number of carbonyl (C=O) groups excluding carboxylic acids is 2. The Morgan fingerprint density at radius 2 is 1.88 bits per heavy atom. The Bertz CT molecular complexity index is 914. The van der Waals surface area contributed by atoms with Crippen molar-refractivity contribution in [1.82, 2.24) is 10.6 Å². The van der Waals surface area contributed by atoms with Crippen molar-refractivity contribution in [3.8, 4) is 17.6 Å². The lowest BCUT2D eigenvalue weighted by molar-refractivity contribution is -0.124. The lowest BCUT2D eigenvalue weighted by atomic mass is 9.86. The van der Waals surface area contributed by atoms with Crippen molar-refractivity contribution in [3.63, 3.8) is 0 Å². The van der Waals surface area contributed by atoms with E-state index in [2.05, 4.69) is 10.6 Å². The average Bonchev–Trinajstić information content (AvgIpc) is 3.23. The molecule has 1 aliphatic heterocycles. The van der Waals surface area contributed by atoms with Crippen LogP contribution in [0.2, 0.25) is 0 Å². The van der Waals surface area contributed by atoms with Crippen molar-refractivity contribution in [2.75, 3.05) is 20.8 Å². The van der Waals surface area contributed by atoms with Gasteiger partial charge >= 0.3 is 0 Å². The first-order valence-corrected chi connectivity index (χ1v) is 11.6. The Labute approximate surface area is 192 Å². The van der Waals surface area contributed by atoms with Gasteiger partial charge in [-0.2, -0.15) is 5.26 Å². The summed E-state index contributed by atoms with van der Waals surface area (Å²) in [5.41, 5.74) is 6.49. The van der Waals surface area contributed by atoms with Crippen LogP contribution in [0.5, 0.6) is 11.5 Å². The van der Waals surface area contributed by atoms with E-state index in [0.29, 0.717) is 29.4 Å². The molecule has 1 saturated carbocycles. The molecule has 172 valence electrons. The molecule has 0 spiro atoms. The predicted octanol–water partition coefficient (Wildman–Crippen LogP) is 2.89. The number of hydrogen-bond acceptors (Lipinski definition) is 7. The van der Waals surface area contributed by atoms with Crippen LogP contribution < -0.4 is 25.8 Å². The molecule has 1 aliphatic carbocycles. The van der Waals surface area contributed by atoms with Gasteiger partial charge in [-0.3, -0.25) is 9.59 Å². The molecule has 2 amide bonds. The van der Waals surface area contributed by atoms with Crippen LogP contribution in [0, 0.1) is 17.2 Å². The van der Waals surface area contributed by atoms with Gasteiger partial charge in [0.15, 0.2) is 4.87 Å². The summed E-state index contributed by atoms with van der Waals surface area (Å²) in [5, 5.41) is 14.7. The molecule has 1 aromatic carbocycles. The van der Waals surface area contributed by atoms with E-state index in [1.165, 1.54) is 58.1 Å². The van der Waals surface area contributed by atoms with Gasteiger partial charge in [-0.25, -0.2) is 0 Å². The van der Waals surface area contributed by atoms with Crippen LogP contribution >= 0.6 is 11.8 Å². The molecule has 0 radical (unpaired) electrons. The number of methoxy groups -OCH3 is 2. The normalized spacial score (nSPS) is 20.9. The largest absolute Gasteiger partial charge is 0.497 e. The first-order chi connectivity index (χ1) is 15.4. The van der Waals surface area contributed by atoms with Crippen molar-refractivity contribution in [3.05, 3.63) is 34.4 Å². The van der Waals surface area contributed by atoms with E-state index in [4.69, 9.17) is 20.5 Å². The highest BCUT2D eigenvalue weighted by Crippen LogP contribution is 2.49. The number of hydrogen-bond donors (Lipinski definition) is 3. The third-order valence-electron chi connectivity index (χ3n) is 6.01. The Hall–Kier alpha value is -2.86. The Morgan fingerprint density at radius 1 is 1.22 bits per heavy atom. The maximum atomic E-state index is 13.3. The second-order valence-corrected chi connectivity index (χ2v) is 9.36. The molecule has 1 heterocycles.